The van der Waals surface area contributed by atoms with Crippen LogP contribution in [0.5, 0.6) is 11.5 Å². The first kappa shape index (κ1) is 16.1. The van der Waals surface area contributed by atoms with E-state index in [9.17, 15) is 4.79 Å². The second-order valence-corrected chi connectivity index (χ2v) is 5.60. The van der Waals surface area contributed by atoms with Crippen LogP contribution in [-0.2, 0) is 4.79 Å². The summed E-state index contributed by atoms with van der Waals surface area (Å²) in [6.45, 7) is 1.53. The maximum Gasteiger partial charge on any atom is 0.240 e. The monoisotopic (exact) mass is 324 g/mol. The molecule has 0 bridgehead atoms. The molecule has 1 amide bonds. The van der Waals surface area contributed by atoms with Crippen molar-refractivity contribution in [1.82, 2.24) is 5.01 Å². The van der Waals surface area contributed by atoms with E-state index in [4.69, 9.17) is 9.47 Å². The molecule has 0 aliphatic carbocycles. The molecule has 0 spiro atoms. The smallest absolute Gasteiger partial charge is 0.240 e. The minimum atomic E-state index is -0.157. The summed E-state index contributed by atoms with van der Waals surface area (Å²) in [5, 5.41) is 6.09. The maximum atomic E-state index is 12.1. The van der Waals surface area contributed by atoms with E-state index in [1.54, 1.807) is 14.2 Å². The zero-order valence-corrected chi connectivity index (χ0v) is 14.0. The molecule has 1 atom stereocenters. The summed E-state index contributed by atoms with van der Waals surface area (Å²) in [5.74, 6) is 1.47. The maximum absolute atomic E-state index is 12.1. The van der Waals surface area contributed by atoms with E-state index >= 15 is 0 Å². The van der Waals surface area contributed by atoms with Crippen LogP contribution in [0, 0.1) is 0 Å². The predicted octanol–water partition coefficient (Wildman–Crippen LogP) is 3.40. The molecule has 1 aliphatic rings. The average Bonchev–Trinajstić information content (AvgIpc) is 3.07. The molecule has 1 unspecified atom stereocenters. The van der Waals surface area contributed by atoms with Crippen molar-refractivity contribution in [3.8, 4) is 11.5 Å². The number of hydrogen-bond acceptors (Lipinski definition) is 4. The Morgan fingerprint density at radius 3 is 2.42 bits per heavy atom. The molecular formula is C19H20N2O3. The van der Waals surface area contributed by atoms with Gasteiger partial charge in [-0.2, -0.15) is 5.10 Å². The zero-order valence-electron chi connectivity index (χ0n) is 14.0. The molecule has 5 heteroatoms. The fourth-order valence-electron chi connectivity index (χ4n) is 2.94. The number of rotatable bonds is 4. The van der Waals surface area contributed by atoms with Crippen LogP contribution in [0.3, 0.4) is 0 Å². The fourth-order valence-corrected chi connectivity index (χ4v) is 2.94. The first-order valence-electron chi connectivity index (χ1n) is 7.78. The average molecular weight is 324 g/mol. The van der Waals surface area contributed by atoms with Crippen molar-refractivity contribution in [2.45, 2.75) is 19.4 Å². The first-order valence-corrected chi connectivity index (χ1v) is 7.78. The van der Waals surface area contributed by atoms with Crippen molar-refractivity contribution in [3.05, 3.63) is 59.7 Å². The number of methoxy groups -OCH3 is 2. The molecule has 0 fully saturated rings. The number of carbonyl (C=O) groups excluding carboxylic acids is 1. The topological polar surface area (TPSA) is 51.1 Å². The van der Waals surface area contributed by atoms with Crippen LogP contribution >= 0.6 is 0 Å². The number of para-hydroxylation sites is 1. The van der Waals surface area contributed by atoms with Crippen molar-refractivity contribution in [2.75, 3.05) is 14.2 Å². The Labute approximate surface area is 141 Å². The van der Waals surface area contributed by atoms with Crippen LogP contribution in [0.4, 0.5) is 0 Å². The van der Waals surface area contributed by atoms with Gasteiger partial charge in [0, 0.05) is 18.9 Å². The van der Waals surface area contributed by atoms with E-state index < -0.39 is 0 Å². The van der Waals surface area contributed by atoms with E-state index in [0.717, 1.165) is 28.3 Å². The number of hydrogen-bond donors (Lipinski definition) is 0. The lowest BCUT2D eigenvalue weighted by Crippen LogP contribution is -2.24. The molecule has 2 aromatic rings. The molecule has 0 N–H and O–H groups in total. The lowest BCUT2D eigenvalue weighted by Gasteiger charge is -2.22. The minimum absolute atomic E-state index is 0.0885. The van der Waals surface area contributed by atoms with E-state index in [0.29, 0.717) is 6.42 Å². The number of amides is 1. The Morgan fingerprint density at radius 2 is 1.79 bits per heavy atom. The minimum Gasteiger partial charge on any atom is -0.497 e. The van der Waals surface area contributed by atoms with Crippen molar-refractivity contribution >= 4 is 11.6 Å². The quantitative estimate of drug-likeness (QED) is 0.866. The first-order chi connectivity index (χ1) is 11.6. The molecule has 5 nitrogen and oxygen atoms in total. The summed E-state index contributed by atoms with van der Waals surface area (Å²) in [6, 6.07) is 15.3. The largest absolute Gasteiger partial charge is 0.497 e. The highest BCUT2D eigenvalue weighted by molar-refractivity contribution is 6.03. The molecule has 1 aliphatic heterocycles. The Bertz CT molecular complexity index is 768. The third kappa shape index (κ3) is 2.97. The number of hydrazone groups is 1. The van der Waals surface area contributed by atoms with Gasteiger partial charge in [0.25, 0.3) is 0 Å². The fraction of sp³-hybridized carbons (Fsp3) is 0.263. The van der Waals surface area contributed by atoms with Gasteiger partial charge in [-0.05, 0) is 35.9 Å². The summed E-state index contributed by atoms with van der Waals surface area (Å²) < 4.78 is 10.6. The highest BCUT2D eigenvalue weighted by atomic mass is 16.5. The summed E-state index contributed by atoms with van der Waals surface area (Å²) in [7, 11) is 3.27. The summed E-state index contributed by atoms with van der Waals surface area (Å²) in [5.41, 5.74) is 2.82. The van der Waals surface area contributed by atoms with Crippen molar-refractivity contribution in [2.24, 2.45) is 5.10 Å². The molecule has 1 heterocycles. The van der Waals surface area contributed by atoms with E-state index in [-0.39, 0.29) is 11.9 Å². The summed E-state index contributed by atoms with van der Waals surface area (Å²) in [6.07, 6.45) is 0.645. The van der Waals surface area contributed by atoms with Gasteiger partial charge in [-0.1, -0.05) is 18.2 Å². The van der Waals surface area contributed by atoms with Gasteiger partial charge in [-0.3, -0.25) is 4.79 Å². The molecular weight excluding hydrogens is 304 g/mol. The van der Waals surface area contributed by atoms with Gasteiger partial charge < -0.3 is 9.47 Å². The number of carbonyl (C=O) groups is 1. The van der Waals surface area contributed by atoms with Crippen LogP contribution < -0.4 is 9.47 Å². The Kier molecular flexibility index (Phi) is 4.51. The highest BCUT2D eigenvalue weighted by Gasteiger charge is 2.33. The number of nitrogens with zero attached hydrogens (tertiary/aromatic N) is 2. The normalized spacial score (nSPS) is 16.7. The molecule has 124 valence electrons. The summed E-state index contributed by atoms with van der Waals surface area (Å²) in [4.78, 5) is 12.1. The van der Waals surface area contributed by atoms with Crippen LogP contribution in [0.25, 0.3) is 0 Å². The number of ether oxygens (including phenoxy) is 2. The molecule has 2 aromatic carbocycles. The van der Waals surface area contributed by atoms with Gasteiger partial charge >= 0.3 is 0 Å². The van der Waals surface area contributed by atoms with Gasteiger partial charge in [-0.15, -0.1) is 0 Å². The third-order valence-corrected chi connectivity index (χ3v) is 4.15. The van der Waals surface area contributed by atoms with Crippen molar-refractivity contribution in [3.63, 3.8) is 0 Å². The molecule has 0 saturated carbocycles. The lowest BCUT2D eigenvalue weighted by molar-refractivity contribution is -0.130. The highest BCUT2D eigenvalue weighted by Crippen LogP contribution is 2.37. The Morgan fingerprint density at radius 1 is 1.08 bits per heavy atom. The van der Waals surface area contributed by atoms with E-state index in [1.807, 2.05) is 48.5 Å². The van der Waals surface area contributed by atoms with Gasteiger partial charge in [0.05, 0.1) is 26.0 Å². The molecule has 0 saturated heterocycles. The van der Waals surface area contributed by atoms with Crippen LogP contribution in [0.1, 0.15) is 30.5 Å². The SMILES string of the molecule is COc1ccc(C2=NN(C(C)=O)C(c3ccccc3OC)C2)cc1. The molecule has 0 radical (unpaired) electrons. The molecule has 24 heavy (non-hydrogen) atoms. The van der Waals surface area contributed by atoms with E-state index in [1.165, 1.54) is 11.9 Å². The van der Waals surface area contributed by atoms with Gasteiger partial charge in [-0.25, -0.2) is 5.01 Å². The van der Waals surface area contributed by atoms with Crippen LogP contribution in [0.15, 0.2) is 53.6 Å². The van der Waals surface area contributed by atoms with Crippen LogP contribution in [0.2, 0.25) is 0 Å². The Balaban J connectivity index is 1.94. The van der Waals surface area contributed by atoms with Crippen LogP contribution in [-0.4, -0.2) is 30.8 Å². The Hall–Kier alpha value is -2.82. The van der Waals surface area contributed by atoms with Gasteiger partial charge in [0.1, 0.15) is 11.5 Å². The van der Waals surface area contributed by atoms with Crippen molar-refractivity contribution in [1.29, 1.82) is 0 Å². The summed E-state index contributed by atoms with van der Waals surface area (Å²) >= 11 is 0. The standard InChI is InChI=1S/C19H20N2O3/c1-13(22)21-18(16-6-4-5-7-19(16)24-3)12-17(20-21)14-8-10-15(23-2)11-9-14/h4-11,18H,12H2,1-3H3. The van der Waals surface area contributed by atoms with E-state index in [2.05, 4.69) is 5.10 Å². The zero-order chi connectivity index (χ0) is 17.1. The molecule has 0 aromatic heterocycles. The molecule has 3 rings (SSSR count). The van der Waals surface area contributed by atoms with Crippen molar-refractivity contribution < 1.29 is 14.3 Å². The lowest BCUT2D eigenvalue weighted by atomic mass is 9.97. The van der Waals surface area contributed by atoms with Gasteiger partial charge in [0.2, 0.25) is 5.91 Å². The number of benzene rings is 2. The second kappa shape index (κ2) is 6.74. The van der Waals surface area contributed by atoms with Gasteiger partial charge in [0.15, 0.2) is 0 Å². The second-order valence-electron chi connectivity index (χ2n) is 5.60. The third-order valence-electron chi connectivity index (χ3n) is 4.15. The predicted molar refractivity (Wildman–Crippen MR) is 92.4 cm³/mol.